The fourth-order valence-electron chi connectivity index (χ4n) is 1.81. The van der Waals surface area contributed by atoms with Crippen LogP contribution in [0, 0.1) is 6.92 Å². The summed E-state index contributed by atoms with van der Waals surface area (Å²) in [6.45, 7) is 4.76. The van der Waals surface area contributed by atoms with Crippen LogP contribution in [0.5, 0.6) is 0 Å². The Balaban J connectivity index is 2.60. The van der Waals surface area contributed by atoms with Gasteiger partial charge in [0.1, 0.15) is 6.54 Å². The van der Waals surface area contributed by atoms with Crippen LogP contribution in [0.4, 0.5) is 0 Å². The van der Waals surface area contributed by atoms with E-state index >= 15 is 0 Å². The molecule has 0 saturated heterocycles. The molecule has 0 amide bonds. The minimum atomic E-state index is -3.84. The lowest BCUT2D eigenvalue weighted by molar-refractivity contribution is -0.702. The van der Waals surface area contributed by atoms with E-state index in [1.54, 1.807) is 0 Å². The van der Waals surface area contributed by atoms with E-state index in [1.807, 2.05) is 17.7 Å². The fourth-order valence-corrected chi connectivity index (χ4v) is 2.31. The summed E-state index contributed by atoms with van der Waals surface area (Å²) >= 11 is 0. The first-order valence-corrected chi connectivity index (χ1v) is 7.47. The second-order valence-corrected chi connectivity index (χ2v) is 5.83. The number of aryl methyl sites for hydroxylation is 3. The molecule has 17 heavy (non-hydrogen) atoms. The number of hydrogen-bond acceptors (Lipinski definition) is 2. The molecule has 0 bridgehead atoms. The molecule has 96 valence electrons. The Morgan fingerprint density at radius 3 is 2.65 bits per heavy atom. The Hall–Kier alpha value is -0.940. The molecule has 0 aliphatic heterocycles. The van der Waals surface area contributed by atoms with Gasteiger partial charge < -0.3 is 0 Å². The first-order chi connectivity index (χ1) is 7.92. The number of aromatic nitrogens is 1. The monoisotopic (exact) mass is 258 g/mol. The first kappa shape index (κ1) is 14.1. The van der Waals surface area contributed by atoms with Gasteiger partial charge >= 0.3 is 0 Å². The van der Waals surface area contributed by atoms with E-state index in [9.17, 15) is 8.42 Å². The molecule has 1 rings (SSSR count). The molecule has 0 atom stereocenters. The van der Waals surface area contributed by atoms with Crippen LogP contribution in [0.1, 0.15) is 31.0 Å². The SMILES string of the molecule is CCCc1cc[n+](CCCS(=O)(=O)O)c(C)c1. The zero-order valence-electron chi connectivity index (χ0n) is 10.4. The Bertz CT molecular complexity index is 469. The third-order valence-electron chi connectivity index (χ3n) is 2.66. The van der Waals surface area contributed by atoms with E-state index in [2.05, 4.69) is 19.1 Å². The van der Waals surface area contributed by atoms with Gasteiger partial charge in [-0.05, 0) is 12.0 Å². The highest BCUT2D eigenvalue weighted by Crippen LogP contribution is 2.03. The highest BCUT2D eigenvalue weighted by molar-refractivity contribution is 7.85. The van der Waals surface area contributed by atoms with Crippen molar-refractivity contribution in [3.8, 4) is 0 Å². The predicted molar refractivity (Wildman–Crippen MR) is 66.4 cm³/mol. The van der Waals surface area contributed by atoms with Crippen molar-refractivity contribution in [2.45, 2.75) is 39.7 Å². The van der Waals surface area contributed by atoms with Gasteiger partial charge in [0, 0.05) is 25.5 Å². The fraction of sp³-hybridized carbons (Fsp3) is 0.583. The minimum Gasteiger partial charge on any atom is -0.286 e. The van der Waals surface area contributed by atoms with E-state index in [-0.39, 0.29) is 5.75 Å². The molecule has 4 nitrogen and oxygen atoms in total. The number of rotatable bonds is 6. The van der Waals surface area contributed by atoms with Gasteiger partial charge in [-0.3, -0.25) is 4.55 Å². The Morgan fingerprint density at radius 1 is 1.41 bits per heavy atom. The maximum absolute atomic E-state index is 10.6. The summed E-state index contributed by atoms with van der Waals surface area (Å²) in [6.07, 6.45) is 4.58. The molecular weight excluding hydrogens is 238 g/mol. The van der Waals surface area contributed by atoms with E-state index in [1.165, 1.54) is 5.56 Å². The van der Waals surface area contributed by atoms with E-state index in [4.69, 9.17) is 4.55 Å². The minimum absolute atomic E-state index is 0.184. The number of nitrogens with zero attached hydrogens (tertiary/aromatic N) is 1. The first-order valence-electron chi connectivity index (χ1n) is 5.86. The molecule has 1 aromatic heterocycles. The average molecular weight is 258 g/mol. The molecule has 5 heteroatoms. The van der Waals surface area contributed by atoms with Gasteiger partial charge in [0.2, 0.25) is 0 Å². The standard InChI is InChI=1S/C12H19NO3S/c1-3-5-12-6-8-13(11(2)10-12)7-4-9-17(14,15)16/h6,8,10H,3-5,7,9H2,1-2H3/p+1. The highest BCUT2D eigenvalue weighted by Gasteiger charge is 2.10. The van der Waals surface area contributed by atoms with E-state index in [0.29, 0.717) is 13.0 Å². The van der Waals surface area contributed by atoms with Gasteiger partial charge in [0.05, 0.1) is 5.75 Å². The number of pyridine rings is 1. The van der Waals surface area contributed by atoms with Crippen molar-refractivity contribution < 1.29 is 17.5 Å². The van der Waals surface area contributed by atoms with Crippen LogP contribution in [0.2, 0.25) is 0 Å². The van der Waals surface area contributed by atoms with Crippen molar-refractivity contribution in [1.29, 1.82) is 0 Å². The molecule has 0 unspecified atom stereocenters. The lowest BCUT2D eigenvalue weighted by Gasteiger charge is -2.02. The summed E-state index contributed by atoms with van der Waals surface area (Å²) in [5.41, 5.74) is 2.42. The summed E-state index contributed by atoms with van der Waals surface area (Å²) in [5, 5.41) is 0. The van der Waals surface area contributed by atoms with Crippen molar-refractivity contribution in [2.24, 2.45) is 0 Å². The number of hydrogen-bond donors (Lipinski definition) is 1. The molecule has 0 saturated carbocycles. The topological polar surface area (TPSA) is 58.2 Å². The largest absolute Gasteiger partial charge is 0.286 e. The second kappa shape index (κ2) is 6.12. The molecule has 0 radical (unpaired) electrons. The quantitative estimate of drug-likeness (QED) is 0.621. The Kier molecular flexibility index (Phi) is 5.08. The van der Waals surface area contributed by atoms with Crippen LogP contribution in [-0.4, -0.2) is 18.7 Å². The van der Waals surface area contributed by atoms with Gasteiger partial charge in [0.25, 0.3) is 10.1 Å². The van der Waals surface area contributed by atoms with Crippen LogP contribution in [0.15, 0.2) is 18.3 Å². The van der Waals surface area contributed by atoms with E-state index < -0.39 is 10.1 Å². The zero-order valence-corrected chi connectivity index (χ0v) is 11.2. The Labute approximate surface area is 103 Å². The summed E-state index contributed by atoms with van der Waals surface area (Å²) in [5.74, 6) is -0.184. The van der Waals surface area contributed by atoms with Crippen molar-refractivity contribution >= 4 is 10.1 Å². The van der Waals surface area contributed by atoms with Gasteiger partial charge in [0.15, 0.2) is 11.9 Å². The smallest absolute Gasteiger partial charge is 0.265 e. The highest BCUT2D eigenvalue weighted by atomic mass is 32.2. The van der Waals surface area contributed by atoms with Crippen LogP contribution >= 0.6 is 0 Å². The molecule has 0 aliphatic rings. The molecule has 0 aliphatic carbocycles. The van der Waals surface area contributed by atoms with Crippen LogP contribution < -0.4 is 4.57 Å². The molecule has 0 aromatic carbocycles. The Morgan fingerprint density at radius 2 is 2.12 bits per heavy atom. The van der Waals surface area contributed by atoms with Crippen molar-refractivity contribution in [3.63, 3.8) is 0 Å². The van der Waals surface area contributed by atoms with Crippen LogP contribution in [0.3, 0.4) is 0 Å². The van der Waals surface area contributed by atoms with Gasteiger partial charge in [-0.1, -0.05) is 13.3 Å². The summed E-state index contributed by atoms with van der Waals surface area (Å²) in [4.78, 5) is 0. The molecule has 1 aromatic rings. The van der Waals surface area contributed by atoms with Crippen molar-refractivity contribution in [3.05, 3.63) is 29.6 Å². The molecule has 1 N–H and O–H groups in total. The molecule has 1 heterocycles. The van der Waals surface area contributed by atoms with Crippen LogP contribution in [-0.2, 0) is 23.1 Å². The lowest BCUT2D eigenvalue weighted by Crippen LogP contribution is -2.37. The van der Waals surface area contributed by atoms with Crippen molar-refractivity contribution in [2.75, 3.05) is 5.75 Å². The van der Waals surface area contributed by atoms with Gasteiger partial charge in [-0.2, -0.15) is 8.42 Å². The molecule has 0 fully saturated rings. The zero-order chi connectivity index (χ0) is 12.9. The second-order valence-electron chi connectivity index (χ2n) is 4.26. The third kappa shape index (κ3) is 5.28. The van der Waals surface area contributed by atoms with Gasteiger partial charge in [-0.25, -0.2) is 4.57 Å². The molecular formula is C12H20NO3S+. The average Bonchev–Trinajstić information content (AvgIpc) is 2.20. The summed E-state index contributed by atoms with van der Waals surface area (Å²) in [7, 11) is -3.84. The maximum Gasteiger partial charge on any atom is 0.265 e. The predicted octanol–water partition coefficient (Wildman–Crippen LogP) is 1.51. The van der Waals surface area contributed by atoms with Crippen LogP contribution in [0.25, 0.3) is 0 Å². The summed E-state index contributed by atoms with van der Waals surface area (Å²) < 4.78 is 31.8. The van der Waals surface area contributed by atoms with Crippen molar-refractivity contribution in [1.82, 2.24) is 0 Å². The van der Waals surface area contributed by atoms with Gasteiger partial charge in [-0.15, -0.1) is 0 Å². The molecule has 0 spiro atoms. The maximum atomic E-state index is 10.6. The third-order valence-corrected chi connectivity index (χ3v) is 3.46. The lowest BCUT2D eigenvalue weighted by atomic mass is 10.1. The summed E-state index contributed by atoms with van der Waals surface area (Å²) in [6, 6.07) is 4.18. The normalized spacial score (nSPS) is 11.7. The van der Waals surface area contributed by atoms with E-state index in [0.717, 1.165) is 18.5 Å².